The highest BCUT2D eigenvalue weighted by atomic mass is 16.5. The zero-order valence-corrected chi connectivity index (χ0v) is 19.1. The minimum absolute atomic E-state index is 0.0185. The Morgan fingerprint density at radius 2 is 1.50 bits per heavy atom. The quantitative estimate of drug-likeness (QED) is 0.736. The highest BCUT2D eigenvalue weighted by Gasteiger charge is 2.38. The average molecular weight is 442 g/mol. The van der Waals surface area contributed by atoms with Crippen LogP contribution in [0.2, 0.25) is 0 Å². The van der Waals surface area contributed by atoms with Crippen LogP contribution in [0.25, 0.3) is 0 Å². The molecule has 1 atom stereocenters. The normalized spacial score (nSPS) is 20.9. The number of nitrogens with zero attached hydrogens (tertiary/aromatic N) is 2. The fraction of sp³-hybridized carbons (Fsp3) is 0.640. The summed E-state index contributed by atoms with van der Waals surface area (Å²) >= 11 is 0. The lowest BCUT2D eigenvalue weighted by Crippen LogP contribution is -2.54. The molecule has 0 unspecified atom stereocenters. The standard InChI is InChI=1S/C25H35N3O4/c1-32-21-10-8-19(9-11-21)23(29)26-22(25(31)27-14-4-5-15-27)18-12-16-28(17-13-18)24(30)20-6-2-3-7-20/h8-11,18,20,22H,2-7,12-17H2,1H3,(H,26,29)/t22-/m1/s1. The fourth-order valence-corrected chi connectivity index (χ4v) is 5.37. The van der Waals surface area contributed by atoms with Gasteiger partial charge in [-0.05, 0) is 68.7 Å². The van der Waals surface area contributed by atoms with Crippen molar-refractivity contribution >= 4 is 17.7 Å². The summed E-state index contributed by atoms with van der Waals surface area (Å²) in [6.45, 7) is 2.85. The minimum atomic E-state index is -0.550. The van der Waals surface area contributed by atoms with Gasteiger partial charge in [-0.25, -0.2) is 0 Å². The van der Waals surface area contributed by atoms with Gasteiger partial charge in [-0.15, -0.1) is 0 Å². The highest BCUT2D eigenvalue weighted by molar-refractivity contribution is 5.97. The summed E-state index contributed by atoms with van der Waals surface area (Å²) in [5, 5.41) is 3.04. The Bertz CT molecular complexity index is 805. The monoisotopic (exact) mass is 441 g/mol. The van der Waals surface area contributed by atoms with Gasteiger partial charge < -0.3 is 19.9 Å². The predicted molar refractivity (Wildman–Crippen MR) is 121 cm³/mol. The van der Waals surface area contributed by atoms with E-state index in [0.29, 0.717) is 24.4 Å². The molecule has 1 aliphatic carbocycles. The first-order chi connectivity index (χ1) is 15.6. The Morgan fingerprint density at radius 1 is 0.875 bits per heavy atom. The van der Waals surface area contributed by atoms with Crippen molar-refractivity contribution in [1.82, 2.24) is 15.1 Å². The second-order valence-corrected chi connectivity index (χ2v) is 9.36. The number of benzene rings is 1. The number of nitrogens with one attached hydrogen (secondary N) is 1. The molecule has 1 aromatic carbocycles. The van der Waals surface area contributed by atoms with E-state index in [-0.39, 0.29) is 29.6 Å². The summed E-state index contributed by atoms with van der Waals surface area (Å²) in [5.74, 6) is 0.969. The molecule has 2 heterocycles. The fourth-order valence-electron chi connectivity index (χ4n) is 5.37. The van der Waals surface area contributed by atoms with Gasteiger partial charge in [-0.3, -0.25) is 14.4 Å². The SMILES string of the molecule is COc1ccc(C(=O)N[C@@H](C(=O)N2CCCC2)C2CCN(C(=O)C3CCCC3)CC2)cc1. The van der Waals surface area contributed by atoms with E-state index in [1.807, 2.05) is 9.80 Å². The molecule has 3 fully saturated rings. The Hall–Kier alpha value is -2.57. The molecule has 1 aromatic rings. The molecule has 4 rings (SSSR count). The van der Waals surface area contributed by atoms with Crippen molar-refractivity contribution in [3.05, 3.63) is 29.8 Å². The molecular formula is C25H35N3O4. The number of amides is 3. The smallest absolute Gasteiger partial charge is 0.251 e. The van der Waals surface area contributed by atoms with Crippen molar-refractivity contribution in [1.29, 1.82) is 0 Å². The molecule has 3 aliphatic rings. The molecule has 1 saturated carbocycles. The number of hydrogen-bond acceptors (Lipinski definition) is 4. The van der Waals surface area contributed by atoms with Crippen LogP contribution < -0.4 is 10.1 Å². The Kier molecular flexibility index (Phi) is 7.33. The lowest BCUT2D eigenvalue weighted by molar-refractivity contribution is -0.138. The molecule has 0 aromatic heterocycles. The molecule has 0 radical (unpaired) electrons. The van der Waals surface area contributed by atoms with Gasteiger partial charge >= 0.3 is 0 Å². The van der Waals surface area contributed by atoms with Crippen LogP contribution >= 0.6 is 0 Å². The number of hydrogen-bond donors (Lipinski definition) is 1. The molecular weight excluding hydrogens is 406 g/mol. The summed E-state index contributed by atoms with van der Waals surface area (Å²) in [6.07, 6.45) is 7.82. The minimum Gasteiger partial charge on any atom is -0.497 e. The van der Waals surface area contributed by atoms with Gasteiger partial charge in [0.1, 0.15) is 11.8 Å². The van der Waals surface area contributed by atoms with Crippen LogP contribution in [-0.2, 0) is 9.59 Å². The van der Waals surface area contributed by atoms with Crippen LogP contribution in [-0.4, -0.2) is 66.9 Å². The molecule has 3 amide bonds. The summed E-state index contributed by atoms with van der Waals surface area (Å²) in [4.78, 5) is 43.0. The Labute approximate surface area is 190 Å². The molecule has 0 bridgehead atoms. The van der Waals surface area contributed by atoms with Crippen molar-refractivity contribution in [2.45, 2.75) is 57.4 Å². The number of ether oxygens (including phenoxy) is 1. The number of piperidine rings is 1. The second kappa shape index (κ2) is 10.4. The van der Waals surface area contributed by atoms with E-state index < -0.39 is 6.04 Å². The van der Waals surface area contributed by atoms with Crippen LogP contribution in [0.5, 0.6) is 5.75 Å². The molecule has 1 N–H and O–H groups in total. The maximum Gasteiger partial charge on any atom is 0.251 e. The number of methoxy groups -OCH3 is 1. The maximum atomic E-state index is 13.3. The van der Waals surface area contributed by atoms with E-state index in [1.165, 1.54) is 0 Å². The molecule has 7 nitrogen and oxygen atoms in total. The molecule has 32 heavy (non-hydrogen) atoms. The van der Waals surface area contributed by atoms with Gasteiger partial charge in [0.2, 0.25) is 11.8 Å². The molecule has 0 spiro atoms. The van der Waals surface area contributed by atoms with E-state index in [1.54, 1.807) is 31.4 Å². The second-order valence-electron chi connectivity index (χ2n) is 9.36. The summed E-state index contributed by atoms with van der Waals surface area (Å²) in [6, 6.07) is 6.38. The molecule has 2 saturated heterocycles. The first-order valence-electron chi connectivity index (χ1n) is 12.1. The van der Waals surface area contributed by atoms with Gasteiger partial charge in [0, 0.05) is 37.7 Å². The number of carbonyl (C=O) groups excluding carboxylic acids is 3. The van der Waals surface area contributed by atoms with Crippen LogP contribution in [0.15, 0.2) is 24.3 Å². The summed E-state index contributed by atoms with van der Waals surface area (Å²) < 4.78 is 5.17. The lowest BCUT2D eigenvalue weighted by atomic mass is 9.87. The van der Waals surface area contributed by atoms with Crippen LogP contribution in [0, 0.1) is 11.8 Å². The van der Waals surface area contributed by atoms with Crippen molar-refractivity contribution < 1.29 is 19.1 Å². The van der Waals surface area contributed by atoms with E-state index in [9.17, 15) is 14.4 Å². The lowest BCUT2D eigenvalue weighted by Gasteiger charge is -2.38. The van der Waals surface area contributed by atoms with Crippen molar-refractivity contribution in [3.8, 4) is 5.75 Å². The van der Waals surface area contributed by atoms with Gasteiger partial charge in [0.15, 0.2) is 0 Å². The van der Waals surface area contributed by atoms with Gasteiger partial charge in [0.05, 0.1) is 7.11 Å². The topological polar surface area (TPSA) is 79.0 Å². The Morgan fingerprint density at radius 3 is 2.09 bits per heavy atom. The average Bonchev–Trinajstić information content (AvgIpc) is 3.56. The maximum absolute atomic E-state index is 13.3. The van der Waals surface area contributed by atoms with Crippen LogP contribution in [0.1, 0.15) is 61.7 Å². The third-order valence-corrected chi connectivity index (χ3v) is 7.35. The van der Waals surface area contributed by atoms with Crippen LogP contribution in [0.4, 0.5) is 0 Å². The molecule has 2 aliphatic heterocycles. The number of carbonyl (C=O) groups is 3. The first kappa shape index (κ1) is 22.6. The van der Waals surface area contributed by atoms with Crippen molar-refractivity contribution in [2.24, 2.45) is 11.8 Å². The number of likely N-dealkylation sites (tertiary alicyclic amines) is 2. The summed E-state index contributed by atoms with van der Waals surface area (Å²) in [7, 11) is 1.59. The number of rotatable bonds is 6. The van der Waals surface area contributed by atoms with Gasteiger partial charge in [-0.2, -0.15) is 0 Å². The first-order valence-corrected chi connectivity index (χ1v) is 12.1. The zero-order valence-electron chi connectivity index (χ0n) is 19.1. The molecule has 7 heteroatoms. The molecule has 174 valence electrons. The largest absolute Gasteiger partial charge is 0.497 e. The predicted octanol–water partition coefficient (Wildman–Crippen LogP) is 2.84. The summed E-state index contributed by atoms with van der Waals surface area (Å²) in [5.41, 5.74) is 0.513. The van der Waals surface area contributed by atoms with E-state index >= 15 is 0 Å². The van der Waals surface area contributed by atoms with Gasteiger partial charge in [0.25, 0.3) is 5.91 Å². The third-order valence-electron chi connectivity index (χ3n) is 7.35. The van der Waals surface area contributed by atoms with E-state index in [2.05, 4.69) is 5.32 Å². The zero-order chi connectivity index (χ0) is 22.5. The van der Waals surface area contributed by atoms with Crippen LogP contribution in [0.3, 0.4) is 0 Å². The van der Waals surface area contributed by atoms with E-state index in [0.717, 1.165) is 64.5 Å². The van der Waals surface area contributed by atoms with Crippen molar-refractivity contribution in [3.63, 3.8) is 0 Å². The van der Waals surface area contributed by atoms with Crippen molar-refractivity contribution in [2.75, 3.05) is 33.3 Å². The van der Waals surface area contributed by atoms with Gasteiger partial charge in [-0.1, -0.05) is 12.8 Å². The Balaban J connectivity index is 1.42. The third kappa shape index (κ3) is 5.08. The van der Waals surface area contributed by atoms with E-state index in [4.69, 9.17) is 4.74 Å². The highest BCUT2D eigenvalue weighted by Crippen LogP contribution is 2.30.